The molecule has 1 aromatic rings. The predicted octanol–water partition coefficient (Wildman–Crippen LogP) is -1.52. The van der Waals surface area contributed by atoms with E-state index in [-0.39, 0.29) is 11.0 Å². The average molecular weight is 211 g/mol. The zero-order chi connectivity index (χ0) is 11.4. The van der Waals surface area contributed by atoms with Crippen molar-refractivity contribution < 1.29 is 14.8 Å². The lowest BCUT2D eigenvalue weighted by molar-refractivity contribution is 0.185. The van der Waals surface area contributed by atoms with E-state index in [1.807, 2.05) is 0 Å². The summed E-state index contributed by atoms with van der Waals surface area (Å²) in [5.41, 5.74) is 0.643. The monoisotopic (exact) mass is 211 g/mol. The SMILES string of the molecule is COCCn1c(C)cc(B(O)O)cc1=O. The summed E-state index contributed by atoms with van der Waals surface area (Å²) >= 11 is 0. The van der Waals surface area contributed by atoms with E-state index in [2.05, 4.69) is 0 Å². The van der Waals surface area contributed by atoms with Crippen LogP contribution in [0.15, 0.2) is 16.9 Å². The number of hydrogen-bond acceptors (Lipinski definition) is 4. The maximum atomic E-state index is 11.6. The normalized spacial score (nSPS) is 10.4. The van der Waals surface area contributed by atoms with Crippen molar-refractivity contribution in [1.82, 2.24) is 4.57 Å². The van der Waals surface area contributed by atoms with E-state index in [1.165, 1.54) is 10.6 Å². The zero-order valence-corrected chi connectivity index (χ0v) is 8.80. The van der Waals surface area contributed by atoms with Crippen LogP contribution in [-0.4, -0.2) is 35.5 Å². The first kappa shape index (κ1) is 12.0. The number of rotatable bonds is 4. The van der Waals surface area contributed by atoms with E-state index in [0.717, 1.165) is 0 Å². The second kappa shape index (κ2) is 5.11. The topological polar surface area (TPSA) is 71.7 Å². The quantitative estimate of drug-likeness (QED) is 0.593. The molecule has 0 unspecified atom stereocenters. The number of aryl methyl sites for hydroxylation is 1. The van der Waals surface area contributed by atoms with Gasteiger partial charge in [0.25, 0.3) is 0 Å². The molecule has 0 fully saturated rings. The lowest BCUT2D eigenvalue weighted by atomic mass is 9.80. The minimum absolute atomic E-state index is 0.214. The predicted molar refractivity (Wildman–Crippen MR) is 57.1 cm³/mol. The molecular formula is C9H14BNO4. The van der Waals surface area contributed by atoms with Gasteiger partial charge in [0.1, 0.15) is 0 Å². The molecule has 2 N–H and O–H groups in total. The molecule has 15 heavy (non-hydrogen) atoms. The van der Waals surface area contributed by atoms with Crippen molar-refractivity contribution >= 4 is 12.6 Å². The fourth-order valence-corrected chi connectivity index (χ4v) is 1.37. The molecule has 0 atom stereocenters. The van der Waals surface area contributed by atoms with Crippen molar-refractivity contribution in [3.63, 3.8) is 0 Å². The van der Waals surface area contributed by atoms with Crippen LogP contribution in [0.5, 0.6) is 0 Å². The van der Waals surface area contributed by atoms with Gasteiger partial charge in [-0.25, -0.2) is 0 Å². The number of pyridine rings is 1. The van der Waals surface area contributed by atoms with Crippen LogP contribution in [0.4, 0.5) is 0 Å². The minimum Gasteiger partial charge on any atom is -0.423 e. The molecule has 1 aromatic heterocycles. The van der Waals surface area contributed by atoms with Gasteiger partial charge in [-0.15, -0.1) is 0 Å². The second-order valence-electron chi connectivity index (χ2n) is 3.29. The van der Waals surface area contributed by atoms with Crippen LogP contribution in [-0.2, 0) is 11.3 Å². The van der Waals surface area contributed by atoms with Gasteiger partial charge in [0.05, 0.1) is 6.61 Å². The molecular weight excluding hydrogens is 197 g/mol. The van der Waals surface area contributed by atoms with Gasteiger partial charge < -0.3 is 19.4 Å². The molecule has 5 nitrogen and oxygen atoms in total. The highest BCUT2D eigenvalue weighted by Gasteiger charge is 2.13. The summed E-state index contributed by atoms with van der Waals surface area (Å²) < 4.78 is 6.40. The fourth-order valence-electron chi connectivity index (χ4n) is 1.37. The Labute approximate surface area is 88.1 Å². The van der Waals surface area contributed by atoms with E-state index in [4.69, 9.17) is 14.8 Å². The molecule has 0 radical (unpaired) electrons. The van der Waals surface area contributed by atoms with E-state index in [0.29, 0.717) is 18.8 Å². The largest absolute Gasteiger partial charge is 0.488 e. The van der Waals surface area contributed by atoms with Crippen LogP contribution >= 0.6 is 0 Å². The lowest BCUT2D eigenvalue weighted by Gasteiger charge is -2.10. The smallest absolute Gasteiger partial charge is 0.423 e. The van der Waals surface area contributed by atoms with Gasteiger partial charge in [0.2, 0.25) is 5.56 Å². The van der Waals surface area contributed by atoms with Crippen LogP contribution in [0.3, 0.4) is 0 Å². The van der Waals surface area contributed by atoms with Gasteiger partial charge >= 0.3 is 7.12 Å². The van der Waals surface area contributed by atoms with E-state index in [1.54, 1.807) is 20.1 Å². The van der Waals surface area contributed by atoms with E-state index in [9.17, 15) is 4.79 Å². The Kier molecular flexibility index (Phi) is 4.08. The summed E-state index contributed by atoms with van der Waals surface area (Å²) in [7, 11) is -0.0415. The number of methoxy groups -OCH3 is 1. The summed E-state index contributed by atoms with van der Waals surface area (Å²) in [6.45, 7) is 2.65. The second-order valence-corrected chi connectivity index (χ2v) is 3.29. The van der Waals surface area contributed by atoms with Crippen molar-refractivity contribution in [2.24, 2.45) is 0 Å². The molecule has 0 aliphatic heterocycles. The molecule has 0 aliphatic rings. The molecule has 1 rings (SSSR count). The first-order valence-electron chi connectivity index (χ1n) is 4.62. The Morgan fingerprint density at radius 2 is 2.13 bits per heavy atom. The fraction of sp³-hybridized carbons (Fsp3) is 0.444. The number of ether oxygens (including phenoxy) is 1. The first-order valence-corrected chi connectivity index (χ1v) is 4.62. The van der Waals surface area contributed by atoms with E-state index < -0.39 is 7.12 Å². The van der Waals surface area contributed by atoms with Gasteiger partial charge in [-0.2, -0.15) is 0 Å². The molecule has 0 bridgehead atoms. The van der Waals surface area contributed by atoms with Crippen molar-refractivity contribution in [2.45, 2.75) is 13.5 Å². The Morgan fingerprint density at radius 1 is 1.47 bits per heavy atom. The molecule has 1 heterocycles. The van der Waals surface area contributed by atoms with E-state index >= 15 is 0 Å². The summed E-state index contributed by atoms with van der Waals surface area (Å²) in [6, 6.07) is 2.79. The highest BCUT2D eigenvalue weighted by molar-refractivity contribution is 6.58. The maximum absolute atomic E-state index is 11.6. The van der Waals surface area contributed by atoms with Gasteiger partial charge in [0.15, 0.2) is 0 Å². The third-order valence-corrected chi connectivity index (χ3v) is 2.17. The number of hydrogen-bond donors (Lipinski definition) is 2. The zero-order valence-electron chi connectivity index (χ0n) is 8.80. The van der Waals surface area contributed by atoms with Gasteiger partial charge in [-0.3, -0.25) is 4.79 Å². The minimum atomic E-state index is -1.60. The van der Waals surface area contributed by atoms with Crippen molar-refractivity contribution in [2.75, 3.05) is 13.7 Å². The van der Waals surface area contributed by atoms with Crippen LogP contribution in [0.25, 0.3) is 0 Å². The van der Waals surface area contributed by atoms with Crippen molar-refractivity contribution in [3.8, 4) is 0 Å². The average Bonchev–Trinajstić information content (AvgIpc) is 2.16. The third-order valence-electron chi connectivity index (χ3n) is 2.17. The molecule has 0 aromatic carbocycles. The maximum Gasteiger partial charge on any atom is 0.488 e. The standard InChI is InChI=1S/C9H14BNO4/c1-7-5-8(10(13)14)6-9(12)11(7)3-4-15-2/h5-6,13-14H,3-4H2,1-2H3. The van der Waals surface area contributed by atoms with Crippen LogP contribution in [0.2, 0.25) is 0 Å². The Morgan fingerprint density at radius 3 is 2.60 bits per heavy atom. The van der Waals surface area contributed by atoms with Crippen LogP contribution in [0.1, 0.15) is 5.69 Å². The van der Waals surface area contributed by atoms with Crippen molar-refractivity contribution in [1.29, 1.82) is 0 Å². The van der Waals surface area contributed by atoms with Gasteiger partial charge in [-0.05, 0) is 18.5 Å². The summed E-state index contributed by atoms with van der Waals surface area (Å²) in [5, 5.41) is 17.8. The Balaban J connectivity index is 3.05. The molecule has 6 heteroatoms. The highest BCUT2D eigenvalue weighted by Crippen LogP contribution is 1.92. The molecule has 0 aliphatic carbocycles. The third kappa shape index (κ3) is 2.92. The van der Waals surface area contributed by atoms with Crippen molar-refractivity contribution in [3.05, 3.63) is 28.2 Å². The number of aromatic nitrogens is 1. The Hall–Kier alpha value is -1.11. The summed E-state index contributed by atoms with van der Waals surface area (Å²) in [6.07, 6.45) is 0. The molecule has 0 saturated heterocycles. The van der Waals surface area contributed by atoms with Crippen LogP contribution < -0.4 is 11.0 Å². The van der Waals surface area contributed by atoms with Gasteiger partial charge in [-0.1, -0.05) is 0 Å². The first-order chi connectivity index (χ1) is 7.06. The molecule has 0 spiro atoms. The molecule has 82 valence electrons. The lowest BCUT2D eigenvalue weighted by Crippen LogP contribution is -2.36. The summed E-state index contributed by atoms with van der Waals surface area (Å²) in [5.74, 6) is 0. The highest BCUT2D eigenvalue weighted by atomic mass is 16.5. The molecule has 0 amide bonds. The van der Waals surface area contributed by atoms with Crippen LogP contribution in [0, 0.1) is 6.92 Å². The summed E-state index contributed by atoms with van der Waals surface area (Å²) in [4.78, 5) is 11.6. The number of nitrogens with zero attached hydrogens (tertiary/aromatic N) is 1. The van der Waals surface area contributed by atoms with Gasteiger partial charge in [0, 0.05) is 25.4 Å². The molecule has 0 saturated carbocycles. The Bertz CT molecular complexity index is 388.